The summed E-state index contributed by atoms with van der Waals surface area (Å²) in [4.78, 5) is 39.3. The molecule has 0 aliphatic carbocycles. The van der Waals surface area contributed by atoms with Crippen LogP contribution in [0.2, 0.25) is 0 Å². The normalized spacial score (nSPS) is 10.8. The second-order valence-electron chi connectivity index (χ2n) is 7.93. The average Bonchev–Trinajstić information content (AvgIpc) is 2.89. The molecule has 0 unspecified atom stereocenters. The number of hydrogen-bond donors (Lipinski definition) is 4. The number of rotatable bonds is 11. The van der Waals surface area contributed by atoms with Crippen LogP contribution < -0.4 is 5.43 Å². The predicted molar refractivity (Wildman–Crippen MR) is 141 cm³/mol. The highest BCUT2D eigenvalue weighted by molar-refractivity contribution is 7.24. The summed E-state index contributed by atoms with van der Waals surface area (Å²) < 4.78 is 2.11. The Bertz CT molecular complexity index is 1090. The molecule has 0 saturated heterocycles. The molecule has 0 radical (unpaired) electrons. The highest BCUT2D eigenvalue weighted by Gasteiger charge is 2.31. The number of carbonyl (C=O) groups is 2. The molecular formula is C26H34N2O7S. The Kier molecular flexibility index (Phi) is 12.4. The van der Waals surface area contributed by atoms with Gasteiger partial charge in [0.25, 0.3) is 0 Å². The van der Waals surface area contributed by atoms with Gasteiger partial charge in [-0.25, -0.2) is 0 Å². The van der Waals surface area contributed by atoms with Crippen LogP contribution in [-0.4, -0.2) is 94.6 Å². The van der Waals surface area contributed by atoms with E-state index < -0.39 is 17.7 Å². The van der Waals surface area contributed by atoms with Crippen LogP contribution in [0.15, 0.2) is 53.3 Å². The fourth-order valence-corrected chi connectivity index (χ4v) is 4.86. The molecule has 2 aromatic carbocycles. The van der Waals surface area contributed by atoms with Crippen LogP contribution in [0.25, 0.3) is 20.2 Å². The standard InChI is InChI=1S/C13H26N2O6.C13H8OS/c1-2-11(12(20)14(3-7-16)4-8-17)13(21)15(5-9-18)6-10-19;14-13-9-5-1-3-7-11(9)15-12-8-4-2-6-10(12)13/h11,16-19H,2-10H2,1H3;1-8H. The molecule has 0 bridgehead atoms. The van der Waals surface area contributed by atoms with Crippen molar-refractivity contribution in [1.82, 2.24) is 9.80 Å². The molecule has 10 heteroatoms. The van der Waals surface area contributed by atoms with Gasteiger partial charge in [-0.05, 0) is 30.7 Å². The van der Waals surface area contributed by atoms with E-state index in [1.165, 1.54) is 9.80 Å². The molecule has 0 fully saturated rings. The highest BCUT2D eigenvalue weighted by Crippen LogP contribution is 2.23. The van der Waals surface area contributed by atoms with Crippen molar-refractivity contribution in [2.75, 3.05) is 52.6 Å². The third-order valence-corrected chi connectivity index (χ3v) is 6.74. The van der Waals surface area contributed by atoms with Crippen molar-refractivity contribution < 1.29 is 30.0 Å². The third-order valence-electron chi connectivity index (χ3n) is 5.59. The number of aliphatic hydroxyl groups is 4. The van der Waals surface area contributed by atoms with Gasteiger partial charge in [0.1, 0.15) is 5.92 Å². The van der Waals surface area contributed by atoms with Crippen molar-refractivity contribution in [3.8, 4) is 0 Å². The highest BCUT2D eigenvalue weighted by atomic mass is 32.1. The minimum atomic E-state index is -0.943. The van der Waals surface area contributed by atoms with Crippen LogP contribution in [0.5, 0.6) is 0 Å². The summed E-state index contributed by atoms with van der Waals surface area (Å²) in [7, 11) is 0. The lowest BCUT2D eigenvalue weighted by atomic mass is 10.0. The predicted octanol–water partition coefficient (Wildman–Crippen LogP) is 1.05. The van der Waals surface area contributed by atoms with Crippen LogP contribution in [0.4, 0.5) is 0 Å². The summed E-state index contributed by atoms with van der Waals surface area (Å²) in [5, 5.41) is 37.4. The first-order chi connectivity index (χ1) is 17.4. The molecule has 0 aliphatic rings. The maximum Gasteiger partial charge on any atom is 0.235 e. The smallest absolute Gasteiger partial charge is 0.235 e. The SMILES string of the molecule is CCC(C(=O)N(CCO)CCO)C(=O)N(CCO)CCO.O=c1c2ccccc2sc2ccccc12. The summed E-state index contributed by atoms with van der Waals surface area (Å²) in [5.41, 5.74) is 0.139. The van der Waals surface area contributed by atoms with Gasteiger partial charge < -0.3 is 30.2 Å². The fraction of sp³-hybridized carbons (Fsp3) is 0.423. The van der Waals surface area contributed by atoms with E-state index in [0.717, 1.165) is 20.2 Å². The first-order valence-corrected chi connectivity index (χ1v) is 12.7. The lowest BCUT2D eigenvalue weighted by Crippen LogP contribution is -2.48. The first-order valence-electron chi connectivity index (χ1n) is 11.8. The molecule has 36 heavy (non-hydrogen) atoms. The number of benzene rings is 2. The second kappa shape index (κ2) is 15.3. The zero-order chi connectivity index (χ0) is 26.5. The van der Waals surface area contributed by atoms with Gasteiger partial charge in [0.15, 0.2) is 5.43 Å². The van der Waals surface area contributed by atoms with Gasteiger partial charge in [0, 0.05) is 46.4 Å². The minimum absolute atomic E-state index is 0.0448. The number of hydrogen-bond acceptors (Lipinski definition) is 8. The van der Waals surface area contributed by atoms with Crippen molar-refractivity contribution in [2.45, 2.75) is 13.3 Å². The van der Waals surface area contributed by atoms with E-state index in [1.54, 1.807) is 18.3 Å². The minimum Gasteiger partial charge on any atom is -0.395 e. The fourth-order valence-electron chi connectivity index (χ4n) is 3.79. The number of carbonyl (C=O) groups excluding carboxylic acids is 2. The Morgan fingerprint density at radius 1 is 0.722 bits per heavy atom. The monoisotopic (exact) mass is 518 g/mol. The van der Waals surface area contributed by atoms with Gasteiger partial charge in [0.05, 0.1) is 26.4 Å². The van der Waals surface area contributed by atoms with E-state index in [1.807, 2.05) is 48.5 Å². The molecule has 1 aromatic heterocycles. The van der Waals surface area contributed by atoms with E-state index in [-0.39, 0.29) is 64.5 Å². The summed E-state index contributed by atoms with van der Waals surface area (Å²) in [6.07, 6.45) is 0.262. The van der Waals surface area contributed by atoms with Crippen molar-refractivity contribution >= 4 is 43.3 Å². The van der Waals surface area contributed by atoms with E-state index in [2.05, 4.69) is 0 Å². The third kappa shape index (κ3) is 7.55. The Hall–Kier alpha value is -2.89. The Morgan fingerprint density at radius 3 is 1.42 bits per heavy atom. The summed E-state index contributed by atoms with van der Waals surface area (Å²) >= 11 is 1.67. The van der Waals surface area contributed by atoms with Gasteiger partial charge in [-0.3, -0.25) is 14.4 Å². The van der Waals surface area contributed by atoms with Gasteiger partial charge >= 0.3 is 0 Å². The lowest BCUT2D eigenvalue weighted by Gasteiger charge is -2.29. The van der Waals surface area contributed by atoms with Crippen LogP contribution >= 0.6 is 11.3 Å². The molecular weight excluding hydrogens is 484 g/mol. The van der Waals surface area contributed by atoms with Crippen molar-refractivity contribution in [2.24, 2.45) is 5.92 Å². The van der Waals surface area contributed by atoms with Gasteiger partial charge in [-0.1, -0.05) is 31.2 Å². The molecule has 9 nitrogen and oxygen atoms in total. The van der Waals surface area contributed by atoms with Crippen molar-refractivity contribution in [3.63, 3.8) is 0 Å². The maximum atomic E-state index is 12.3. The van der Waals surface area contributed by atoms with Crippen LogP contribution in [0.3, 0.4) is 0 Å². The van der Waals surface area contributed by atoms with Gasteiger partial charge in [-0.2, -0.15) is 0 Å². The van der Waals surface area contributed by atoms with Gasteiger partial charge in [-0.15, -0.1) is 11.3 Å². The van der Waals surface area contributed by atoms with E-state index in [4.69, 9.17) is 20.4 Å². The first kappa shape index (κ1) is 29.3. The summed E-state index contributed by atoms with van der Waals surface area (Å²) in [6, 6.07) is 15.5. The number of aliphatic hydroxyl groups excluding tert-OH is 4. The molecule has 3 rings (SSSR count). The molecule has 0 atom stereocenters. The average molecular weight is 519 g/mol. The van der Waals surface area contributed by atoms with Crippen LogP contribution in [0, 0.1) is 5.92 Å². The topological polar surface area (TPSA) is 139 Å². The van der Waals surface area contributed by atoms with Crippen molar-refractivity contribution in [1.29, 1.82) is 0 Å². The summed E-state index contributed by atoms with van der Waals surface area (Å²) in [6.45, 7) is 0.840. The molecule has 0 spiro atoms. The van der Waals surface area contributed by atoms with E-state index >= 15 is 0 Å². The largest absolute Gasteiger partial charge is 0.395 e. The zero-order valence-corrected chi connectivity index (χ0v) is 21.2. The van der Waals surface area contributed by atoms with Crippen LogP contribution in [-0.2, 0) is 9.59 Å². The Morgan fingerprint density at radius 2 is 1.08 bits per heavy atom. The molecule has 2 amide bonds. The molecule has 0 aliphatic heterocycles. The van der Waals surface area contributed by atoms with Crippen LogP contribution in [0.1, 0.15) is 13.3 Å². The Balaban J connectivity index is 0.000000264. The second-order valence-corrected chi connectivity index (χ2v) is 9.01. The molecule has 3 aromatic rings. The molecule has 1 heterocycles. The maximum absolute atomic E-state index is 12.3. The zero-order valence-electron chi connectivity index (χ0n) is 20.4. The van der Waals surface area contributed by atoms with Crippen molar-refractivity contribution in [3.05, 3.63) is 58.8 Å². The number of nitrogens with zero attached hydrogens (tertiary/aromatic N) is 2. The lowest BCUT2D eigenvalue weighted by molar-refractivity contribution is -0.148. The molecule has 0 saturated carbocycles. The number of amides is 2. The Labute approximate surface area is 213 Å². The molecule has 196 valence electrons. The molecule has 4 N–H and O–H groups in total. The quantitative estimate of drug-likeness (QED) is 0.220. The summed E-state index contributed by atoms with van der Waals surface area (Å²) in [5.74, 6) is -1.88. The van der Waals surface area contributed by atoms with Gasteiger partial charge in [0.2, 0.25) is 11.8 Å². The number of fused-ring (bicyclic) bond motifs is 2. The van der Waals surface area contributed by atoms with E-state index in [9.17, 15) is 14.4 Å². The van der Waals surface area contributed by atoms with E-state index in [0.29, 0.717) is 0 Å².